The van der Waals surface area contributed by atoms with Gasteiger partial charge in [-0.2, -0.15) is 11.8 Å². The van der Waals surface area contributed by atoms with E-state index in [0.29, 0.717) is 6.54 Å². The lowest BCUT2D eigenvalue weighted by molar-refractivity contribution is 0.0777. The average Bonchev–Trinajstić information content (AvgIpc) is 2.85. The van der Waals surface area contributed by atoms with Gasteiger partial charge < -0.3 is 4.90 Å². The molecule has 7 heteroatoms. The smallest absolute Gasteiger partial charge is 0.263 e. The number of carbonyl (C=O) groups excluding carboxylic acids is 1. The minimum atomic E-state index is 0.0995. The summed E-state index contributed by atoms with van der Waals surface area (Å²) < 4.78 is 0. The number of azide groups is 1. The standard InChI is InChI=1S/C10H12N4OS2/c11-13-12-7-8-1-2-9(17-8)10(15)14-3-5-16-6-4-14/h1-2H,3-7H2. The maximum atomic E-state index is 12.1. The molecular formula is C10H12N4OS2. The molecule has 5 nitrogen and oxygen atoms in total. The molecule has 0 aromatic carbocycles. The maximum absolute atomic E-state index is 12.1. The van der Waals surface area contributed by atoms with Crippen LogP contribution in [0.1, 0.15) is 14.5 Å². The highest BCUT2D eigenvalue weighted by atomic mass is 32.2. The van der Waals surface area contributed by atoms with Crippen LogP contribution < -0.4 is 0 Å². The molecule has 0 radical (unpaired) electrons. The van der Waals surface area contributed by atoms with Crippen LogP contribution >= 0.6 is 23.1 Å². The van der Waals surface area contributed by atoms with Crippen molar-refractivity contribution in [3.8, 4) is 0 Å². The molecule has 0 saturated carbocycles. The fraction of sp³-hybridized carbons (Fsp3) is 0.500. The second kappa shape index (κ2) is 5.95. The van der Waals surface area contributed by atoms with Gasteiger partial charge >= 0.3 is 0 Å². The van der Waals surface area contributed by atoms with Crippen molar-refractivity contribution in [2.45, 2.75) is 6.54 Å². The zero-order valence-corrected chi connectivity index (χ0v) is 10.8. The van der Waals surface area contributed by atoms with E-state index in [-0.39, 0.29) is 5.91 Å². The summed E-state index contributed by atoms with van der Waals surface area (Å²) in [6, 6.07) is 3.67. The summed E-state index contributed by atoms with van der Waals surface area (Å²) in [4.78, 5) is 18.4. The monoisotopic (exact) mass is 268 g/mol. The molecule has 1 amide bonds. The highest BCUT2D eigenvalue weighted by molar-refractivity contribution is 7.99. The van der Waals surface area contributed by atoms with E-state index in [9.17, 15) is 4.79 Å². The molecule has 1 aromatic heterocycles. The topological polar surface area (TPSA) is 69.1 Å². The average molecular weight is 268 g/mol. The van der Waals surface area contributed by atoms with Crippen molar-refractivity contribution in [2.24, 2.45) is 5.11 Å². The van der Waals surface area contributed by atoms with Crippen LogP contribution in [0.15, 0.2) is 17.2 Å². The second-order valence-corrected chi connectivity index (χ2v) is 5.95. The Hall–Kier alpha value is -1.17. The number of rotatable bonds is 3. The Bertz CT molecular complexity index is 447. The first-order valence-corrected chi connectivity index (χ1v) is 7.25. The van der Waals surface area contributed by atoms with Gasteiger partial charge in [-0.05, 0) is 17.7 Å². The number of thiophene rings is 1. The lowest BCUT2D eigenvalue weighted by atomic mass is 10.3. The molecule has 1 aliphatic rings. The molecule has 17 heavy (non-hydrogen) atoms. The Morgan fingerprint density at radius 2 is 2.24 bits per heavy atom. The minimum absolute atomic E-state index is 0.0995. The van der Waals surface area contributed by atoms with E-state index < -0.39 is 0 Å². The molecule has 0 spiro atoms. The number of nitrogens with zero attached hydrogens (tertiary/aromatic N) is 4. The van der Waals surface area contributed by atoms with E-state index in [1.54, 1.807) is 0 Å². The first kappa shape index (κ1) is 12.3. The Morgan fingerprint density at radius 1 is 1.47 bits per heavy atom. The van der Waals surface area contributed by atoms with Crippen LogP contribution in [0.4, 0.5) is 0 Å². The van der Waals surface area contributed by atoms with Crippen molar-refractivity contribution in [1.29, 1.82) is 0 Å². The maximum Gasteiger partial charge on any atom is 0.263 e. The molecule has 1 aliphatic heterocycles. The van der Waals surface area contributed by atoms with E-state index in [1.807, 2.05) is 28.8 Å². The minimum Gasteiger partial charge on any atom is -0.336 e. The number of hydrogen-bond acceptors (Lipinski definition) is 4. The predicted octanol–water partition coefficient (Wildman–Crippen LogP) is 2.75. The normalized spacial score (nSPS) is 15.4. The molecule has 0 N–H and O–H groups in total. The Balaban J connectivity index is 2.03. The quantitative estimate of drug-likeness (QED) is 0.480. The summed E-state index contributed by atoms with van der Waals surface area (Å²) in [7, 11) is 0. The molecule has 0 atom stereocenters. The van der Waals surface area contributed by atoms with Crippen molar-refractivity contribution in [3.05, 3.63) is 32.3 Å². The third-order valence-electron chi connectivity index (χ3n) is 2.46. The number of amides is 1. The van der Waals surface area contributed by atoms with Crippen LogP contribution in [0.2, 0.25) is 0 Å². The van der Waals surface area contributed by atoms with Crippen molar-refractivity contribution in [3.63, 3.8) is 0 Å². The SMILES string of the molecule is [N-]=[N+]=NCc1ccc(C(=O)N2CCSCC2)s1. The molecule has 1 aromatic rings. The first-order valence-electron chi connectivity index (χ1n) is 5.28. The van der Waals surface area contributed by atoms with Crippen LogP contribution in [-0.2, 0) is 6.54 Å². The fourth-order valence-electron chi connectivity index (χ4n) is 1.60. The highest BCUT2D eigenvalue weighted by Crippen LogP contribution is 2.21. The van der Waals surface area contributed by atoms with Crippen molar-refractivity contribution in [1.82, 2.24) is 4.90 Å². The van der Waals surface area contributed by atoms with Crippen molar-refractivity contribution in [2.75, 3.05) is 24.6 Å². The Kier molecular flexibility index (Phi) is 4.30. The summed E-state index contributed by atoms with van der Waals surface area (Å²) >= 11 is 3.29. The summed E-state index contributed by atoms with van der Waals surface area (Å²) in [5.74, 6) is 2.13. The van der Waals surface area contributed by atoms with Crippen LogP contribution in [0.3, 0.4) is 0 Å². The molecule has 2 heterocycles. The number of carbonyl (C=O) groups is 1. The van der Waals surface area contributed by atoms with Gasteiger partial charge in [-0.1, -0.05) is 5.11 Å². The second-order valence-electron chi connectivity index (χ2n) is 3.56. The zero-order valence-electron chi connectivity index (χ0n) is 9.20. The van der Waals surface area contributed by atoms with Gasteiger partial charge in [-0.3, -0.25) is 4.79 Å². The molecule has 90 valence electrons. The third kappa shape index (κ3) is 3.15. The predicted molar refractivity (Wildman–Crippen MR) is 70.4 cm³/mol. The largest absolute Gasteiger partial charge is 0.336 e. The van der Waals surface area contributed by atoms with Crippen LogP contribution in [0.25, 0.3) is 10.4 Å². The highest BCUT2D eigenvalue weighted by Gasteiger charge is 2.19. The third-order valence-corrected chi connectivity index (χ3v) is 4.46. The molecule has 1 fully saturated rings. The summed E-state index contributed by atoms with van der Waals surface area (Å²) in [5.41, 5.74) is 8.23. The number of hydrogen-bond donors (Lipinski definition) is 0. The van der Waals surface area contributed by atoms with E-state index in [0.717, 1.165) is 34.3 Å². The van der Waals surface area contributed by atoms with Gasteiger partial charge in [-0.25, -0.2) is 0 Å². The van der Waals surface area contributed by atoms with Crippen LogP contribution in [0.5, 0.6) is 0 Å². The molecular weight excluding hydrogens is 256 g/mol. The zero-order chi connectivity index (χ0) is 12.1. The lowest BCUT2D eigenvalue weighted by Crippen LogP contribution is -2.37. The van der Waals surface area contributed by atoms with Gasteiger partial charge in [0.2, 0.25) is 0 Å². The summed E-state index contributed by atoms with van der Waals surface area (Å²) in [6.07, 6.45) is 0. The van der Waals surface area contributed by atoms with E-state index in [2.05, 4.69) is 10.0 Å². The lowest BCUT2D eigenvalue weighted by Gasteiger charge is -2.25. The Labute approximate surface area is 107 Å². The fourth-order valence-corrected chi connectivity index (χ4v) is 3.40. The summed E-state index contributed by atoms with van der Waals surface area (Å²) in [5, 5.41) is 3.49. The summed E-state index contributed by atoms with van der Waals surface area (Å²) in [6.45, 7) is 1.98. The van der Waals surface area contributed by atoms with Crippen molar-refractivity contribution < 1.29 is 4.79 Å². The van der Waals surface area contributed by atoms with Crippen molar-refractivity contribution >= 4 is 29.0 Å². The number of thioether (sulfide) groups is 1. The molecule has 1 saturated heterocycles. The molecule has 2 rings (SSSR count). The van der Waals surface area contributed by atoms with Gasteiger partial charge in [-0.15, -0.1) is 11.3 Å². The van der Waals surface area contributed by atoms with Crippen LogP contribution in [0, 0.1) is 0 Å². The van der Waals surface area contributed by atoms with Gasteiger partial charge in [0, 0.05) is 34.4 Å². The van der Waals surface area contributed by atoms with E-state index >= 15 is 0 Å². The Morgan fingerprint density at radius 3 is 2.94 bits per heavy atom. The van der Waals surface area contributed by atoms with Crippen LogP contribution in [-0.4, -0.2) is 35.4 Å². The molecule has 0 unspecified atom stereocenters. The van der Waals surface area contributed by atoms with Gasteiger partial charge in [0.1, 0.15) is 0 Å². The van der Waals surface area contributed by atoms with Gasteiger partial charge in [0.15, 0.2) is 0 Å². The van der Waals surface area contributed by atoms with Gasteiger partial charge in [0.25, 0.3) is 5.91 Å². The van der Waals surface area contributed by atoms with E-state index in [1.165, 1.54) is 11.3 Å². The van der Waals surface area contributed by atoms with E-state index in [4.69, 9.17) is 5.53 Å². The first-order chi connectivity index (χ1) is 8.31. The molecule has 0 bridgehead atoms. The van der Waals surface area contributed by atoms with Gasteiger partial charge in [0.05, 0.1) is 11.4 Å². The molecule has 0 aliphatic carbocycles.